The molecule has 4 heterocycles. The number of carbonyl (C=O) groups excluding carboxylic acids is 1. The lowest BCUT2D eigenvalue weighted by atomic mass is 9.93. The smallest absolute Gasteiger partial charge is 0.328 e. The minimum Gasteiger partial charge on any atom is -0.473 e. The molecule has 0 saturated carbocycles. The second kappa shape index (κ2) is 14.0. The summed E-state index contributed by atoms with van der Waals surface area (Å²) in [5.41, 5.74) is 2.88. The lowest BCUT2D eigenvalue weighted by molar-refractivity contribution is -0.0592. The Bertz CT molecular complexity index is 1910. The molecule has 1 atom stereocenters. The first-order valence-corrected chi connectivity index (χ1v) is 17.1. The molecule has 2 N–H and O–H groups in total. The molecule has 246 valence electrons. The van der Waals surface area contributed by atoms with Crippen molar-refractivity contribution in [2.24, 2.45) is 0 Å². The first-order valence-electron chi connectivity index (χ1n) is 15.6. The molecule has 12 nitrogen and oxygen atoms in total. The van der Waals surface area contributed by atoms with Crippen molar-refractivity contribution in [3.8, 4) is 11.9 Å². The Morgan fingerprint density at radius 3 is 2.64 bits per heavy atom. The van der Waals surface area contributed by atoms with E-state index in [9.17, 15) is 17.6 Å². The van der Waals surface area contributed by atoms with Gasteiger partial charge in [0.15, 0.2) is 0 Å². The number of likely N-dealkylation sites (tertiary alicyclic amines) is 1. The lowest BCUT2D eigenvalue weighted by Crippen LogP contribution is -2.39. The Kier molecular flexibility index (Phi) is 9.67. The molecule has 2 aromatic carbocycles. The fourth-order valence-electron chi connectivity index (χ4n) is 5.86. The number of urea groups is 1. The second-order valence-corrected chi connectivity index (χ2v) is 13.4. The van der Waals surface area contributed by atoms with Crippen LogP contribution in [0.2, 0.25) is 0 Å². The van der Waals surface area contributed by atoms with Crippen LogP contribution in [0.1, 0.15) is 54.7 Å². The van der Waals surface area contributed by atoms with Gasteiger partial charge in [-0.15, -0.1) is 0 Å². The third kappa shape index (κ3) is 7.54. The van der Waals surface area contributed by atoms with Gasteiger partial charge in [-0.2, -0.15) is 5.26 Å². The van der Waals surface area contributed by atoms with E-state index in [1.165, 1.54) is 12.1 Å². The van der Waals surface area contributed by atoms with Crippen LogP contribution in [0.4, 0.5) is 9.18 Å². The van der Waals surface area contributed by atoms with E-state index >= 15 is 0 Å². The number of hydrogen-bond acceptors (Lipinski definition) is 9. The van der Waals surface area contributed by atoms with E-state index in [1.807, 2.05) is 22.8 Å². The van der Waals surface area contributed by atoms with Crippen LogP contribution < -0.4 is 14.8 Å². The van der Waals surface area contributed by atoms with Crippen molar-refractivity contribution < 1.29 is 27.1 Å². The Labute approximate surface area is 272 Å². The number of ether oxygens (including phenoxy) is 2. The van der Waals surface area contributed by atoms with E-state index in [2.05, 4.69) is 14.9 Å². The van der Waals surface area contributed by atoms with Gasteiger partial charge in [0.2, 0.25) is 5.88 Å². The number of sulfonamides is 1. The second-order valence-electron chi connectivity index (χ2n) is 11.7. The number of piperidine rings is 1. The van der Waals surface area contributed by atoms with Gasteiger partial charge in [0.1, 0.15) is 18.2 Å². The van der Waals surface area contributed by atoms with E-state index in [1.54, 1.807) is 37.3 Å². The maximum atomic E-state index is 14.3. The number of pyridine rings is 1. The number of nitriles is 1. The zero-order valence-electron chi connectivity index (χ0n) is 26.0. The molecule has 2 aromatic heterocycles. The van der Waals surface area contributed by atoms with Crippen molar-refractivity contribution in [1.29, 1.82) is 5.26 Å². The number of rotatable bonds is 11. The van der Waals surface area contributed by atoms with E-state index in [0.717, 1.165) is 43.9 Å². The minimum absolute atomic E-state index is 0.0114. The van der Waals surface area contributed by atoms with Crippen molar-refractivity contribution in [2.75, 3.05) is 26.2 Å². The van der Waals surface area contributed by atoms with Crippen molar-refractivity contribution >= 4 is 27.1 Å². The monoisotopic (exact) mass is 661 g/mol. The summed E-state index contributed by atoms with van der Waals surface area (Å²) in [5, 5.41) is 11.4. The zero-order chi connectivity index (χ0) is 33.0. The Balaban J connectivity index is 1.12. The first-order chi connectivity index (χ1) is 22.7. The summed E-state index contributed by atoms with van der Waals surface area (Å²) < 4.78 is 55.7. The topological polar surface area (TPSA) is 151 Å². The Morgan fingerprint density at radius 2 is 1.94 bits per heavy atom. The van der Waals surface area contributed by atoms with Crippen molar-refractivity contribution in [3.05, 3.63) is 83.1 Å². The standard InChI is InChI=1S/C33H36FN7O5S/c1-2-36-33(42)39-47(43,44)26-8-9-29-30(17-26)41(19-25-12-15-45-25)31(37-29)20-40-13-10-23(11-14-40)28-4-3-5-32(38-28)46-21-24-7-6-22(18-35)16-27(24)34/h3-9,16-17,23,25H,2,10-15,19-21H2,1H3,(H2,36,39,42)/t25-/m0/s1. The van der Waals surface area contributed by atoms with Gasteiger partial charge in [-0.25, -0.2) is 32.3 Å². The number of carbonyl (C=O) groups is 1. The summed E-state index contributed by atoms with van der Waals surface area (Å²) in [6.45, 7) is 5.48. The molecule has 2 aliphatic rings. The number of halogens is 1. The third-order valence-corrected chi connectivity index (χ3v) is 9.86. The first kappa shape index (κ1) is 32.4. The molecule has 14 heteroatoms. The molecular weight excluding hydrogens is 625 g/mol. The molecule has 0 unspecified atom stereocenters. The number of aromatic nitrogens is 3. The number of nitrogens with zero attached hydrogens (tertiary/aromatic N) is 5. The Hall–Kier alpha value is -4.58. The summed E-state index contributed by atoms with van der Waals surface area (Å²) in [6.07, 6.45) is 2.69. The molecule has 2 saturated heterocycles. The predicted molar refractivity (Wildman–Crippen MR) is 170 cm³/mol. The van der Waals surface area contributed by atoms with Gasteiger partial charge in [0.25, 0.3) is 10.0 Å². The van der Waals surface area contributed by atoms with Crippen molar-refractivity contribution in [1.82, 2.24) is 29.5 Å². The highest BCUT2D eigenvalue weighted by Crippen LogP contribution is 2.30. The average molecular weight is 662 g/mol. The molecule has 6 rings (SSSR count). The van der Waals surface area contributed by atoms with Crippen LogP contribution >= 0.6 is 0 Å². The Morgan fingerprint density at radius 1 is 1.13 bits per heavy atom. The van der Waals surface area contributed by atoms with Crippen molar-refractivity contribution in [2.45, 2.75) is 62.8 Å². The maximum Gasteiger partial charge on any atom is 0.328 e. The summed E-state index contributed by atoms with van der Waals surface area (Å²) in [6, 6.07) is 15.8. The van der Waals surface area contributed by atoms with E-state index in [4.69, 9.17) is 24.7 Å². The van der Waals surface area contributed by atoms with Crippen LogP contribution in [-0.4, -0.2) is 66.2 Å². The van der Waals surface area contributed by atoms with E-state index in [0.29, 0.717) is 48.7 Å². The molecule has 0 radical (unpaired) electrons. The molecule has 2 aliphatic heterocycles. The molecule has 47 heavy (non-hydrogen) atoms. The normalized spacial score (nSPS) is 17.2. The molecule has 0 bridgehead atoms. The minimum atomic E-state index is -4.07. The van der Waals surface area contributed by atoms with Crippen molar-refractivity contribution in [3.63, 3.8) is 0 Å². The largest absolute Gasteiger partial charge is 0.473 e. The number of hydrogen-bond donors (Lipinski definition) is 2. The molecule has 2 amide bonds. The third-order valence-electron chi connectivity index (χ3n) is 8.53. The van der Waals surface area contributed by atoms with Crippen LogP contribution in [0.3, 0.4) is 0 Å². The molecule has 0 spiro atoms. The van der Waals surface area contributed by atoms with E-state index < -0.39 is 21.9 Å². The number of imidazole rings is 1. The fourth-order valence-corrected chi connectivity index (χ4v) is 6.81. The SMILES string of the molecule is CCNC(=O)NS(=O)(=O)c1ccc2nc(CN3CCC(c4cccc(OCc5ccc(C#N)cc5F)n4)CC3)n(C[C@@H]3CCO3)c2c1. The predicted octanol–water partition coefficient (Wildman–Crippen LogP) is 4.20. The van der Waals surface area contributed by atoms with Crippen LogP contribution in [0.5, 0.6) is 5.88 Å². The average Bonchev–Trinajstić information content (AvgIpc) is 3.38. The van der Waals surface area contributed by atoms with Crippen LogP contribution in [0, 0.1) is 17.1 Å². The fraction of sp³-hybridized carbons (Fsp3) is 0.394. The number of nitrogens with one attached hydrogen (secondary N) is 2. The van der Waals surface area contributed by atoms with Gasteiger partial charge < -0.3 is 19.4 Å². The van der Waals surface area contributed by atoms with E-state index in [-0.39, 0.29) is 29.1 Å². The zero-order valence-corrected chi connectivity index (χ0v) is 26.8. The van der Waals surface area contributed by atoms with Gasteiger partial charge in [0, 0.05) is 36.4 Å². The van der Waals surface area contributed by atoms with Gasteiger partial charge in [-0.05, 0) is 75.7 Å². The summed E-state index contributed by atoms with van der Waals surface area (Å²) in [7, 11) is -4.07. The molecule has 2 fully saturated rings. The van der Waals surface area contributed by atoms with Gasteiger partial charge in [-0.3, -0.25) is 4.90 Å². The van der Waals surface area contributed by atoms with Gasteiger partial charge in [0.05, 0.1) is 46.8 Å². The lowest BCUT2D eigenvalue weighted by Gasteiger charge is -2.32. The maximum absolute atomic E-state index is 14.3. The van der Waals surface area contributed by atoms with Crippen LogP contribution in [-0.2, 0) is 34.5 Å². The number of amides is 2. The highest BCUT2D eigenvalue weighted by Gasteiger charge is 2.27. The summed E-state index contributed by atoms with van der Waals surface area (Å²) >= 11 is 0. The summed E-state index contributed by atoms with van der Waals surface area (Å²) in [5.74, 6) is 0.987. The highest BCUT2D eigenvalue weighted by molar-refractivity contribution is 7.90. The van der Waals surface area contributed by atoms with Crippen LogP contribution in [0.15, 0.2) is 59.5 Å². The molecule has 0 aliphatic carbocycles. The molecule has 4 aromatic rings. The number of fused-ring (bicyclic) bond motifs is 1. The highest BCUT2D eigenvalue weighted by atomic mass is 32.2. The van der Waals surface area contributed by atoms with Crippen LogP contribution in [0.25, 0.3) is 11.0 Å². The van der Waals surface area contributed by atoms with Gasteiger partial charge in [-0.1, -0.05) is 12.1 Å². The van der Waals surface area contributed by atoms with Gasteiger partial charge >= 0.3 is 6.03 Å². The number of benzene rings is 2. The summed E-state index contributed by atoms with van der Waals surface area (Å²) in [4.78, 5) is 23.9. The quantitative estimate of drug-likeness (QED) is 0.241. The molecular formula is C33H36FN7O5S.